The van der Waals surface area contributed by atoms with Crippen molar-refractivity contribution in [2.45, 2.75) is 20.3 Å². The van der Waals surface area contributed by atoms with Gasteiger partial charge in [-0.2, -0.15) is 0 Å². The van der Waals surface area contributed by atoms with Crippen LogP contribution in [0.3, 0.4) is 0 Å². The minimum absolute atomic E-state index is 0.215. The van der Waals surface area contributed by atoms with Gasteiger partial charge in [-0.25, -0.2) is 0 Å². The zero-order valence-electron chi connectivity index (χ0n) is 15.7. The van der Waals surface area contributed by atoms with E-state index in [0.717, 1.165) is 5.56 Å². The first-order chi connectivity index (χ1) is 13.4. The summed E-state index contributed by atoms with van der Waals surface area (Å²) >= 11 is 6.19. The molecule has 0 saturated carbocycles. The third-order valence-electron chi connectivity index (χ3n) is 4.19. The fraction of sp³-hybridized carbons (Fsp3) is 0.238. The second-order valence-corrected chi connectivity index (χ2v) is 6.45. The van der Waals surface area contributed by atoms with Crippen molar-refractivity contribution in [3.05, 3.63) is 57.2 Å². The Hall–Kier alpha value is -2.99. The van der Waals surface area contributed by atoms with Gasteiger partial charge < -0.3 is 18.6 Å². The van der Waals surface area contributed by atoms with Gasteiger partial charge in [0, 0.05) is 12.5 Å². The van der Waals surface area contributed by atoms with Crippen LogP contribution < -0.4 is 14.9 Å². The zero-order chi connectivity index (χ0) is 20.3. The minimum Gasteiger partial charge on any atom is -0.496 e. The molecule has 3 rings (SSSR count). The van der Waals surface area contributed by atoms with Crippen molar-refractivity contribution in [3.8, 4) is 22.8 Å². The molecule has 0 N–H and O–H groups in total. The maximum absolute atomic E-state index is 12.5. The lowest BCUT2D eigenvalue weighted by atomic mass is 10.1. The number of carbonyl (C=O) groups is 1. The molecule has 146 valence electrons. The van der Waals surface area contributed by atoms with Gasteiger partial charge in [0.2, 0.25) is 6.79 Å². The monoisotopic (exact) mass is 402 g/mol. The number of benzene rings is 2. The van der Waals surface area contributed by atoms with Crippen LogP contribution in [0.1, 0.15) is 18.9 Å². The highest BCUT2D eigenvalue weighted by molar-refractivity contribution is 6.34. The quantitative estimate of drug-likeness (QED) is 0.438. The maximum Gasteiger partial charge on any atom is 0.308 e. The Morgan fingerprint density at radius 1 is 1.18 bits per heavy atom. The average molecular weight is 403 g/mol. The van der Waals surface area contributed by atoms with Crippen LogP contribution >= 0.6 is 11.6 Å². The van der Waals surface area contributed by atoms with Crippen LogP contribution in [0.5, 0.6) is 11.5 Å². The Labute approximate surface area is 166 Å². The fourth-order valence-electron chi connectivity index (χ4n) is 2.71. The Kier molecular flexibility index (Phi) is 5.90. The molecule has 1 aromatic heterocycles. The normalized spacial score (nSPS) is 10.7. The van der Waals surface area contributed by atoms with Crippen molar-refractivity contribution in [1.29, 1.82) is 0 Å². The molecule has 0 aliphatic heterocycles. The number of hydrogen-bond donors (Lipinski definition) is 0. The third-order valence-corrected chi connectivity index (χ3v) is 4.49. The first-order valence-electron chi connectivity index (χ1n) is 8.64. The number of para-hydroxylation sites is 1. The number of carbonyl (C=O) groups excluding carboxylic acids is 1. The smallest absolute Gasteiger partial charge is 0.308 e. The molecule has 0 saturated heterocycles. The molecule has 2 aromatic carbocycles. The third kappa shape index (κ3) is 3.97. The molecular formula is C21H19ClO6. The number of rotatable bonds is 6. The number of hydrogen-bond acceptors (Lipinski definition) is 6. The fourth-order valence-corrected chi connectivity index (χ4v) is 2.93. The molecule has 0 amide bonds. The molecular weight excluding hydrogens is 384 g/mol. The molecule has 0 radical (unpaired) electrons. The SMILES string of the molecule is CCC(=O)OCOc1cc(-c2cc(=O)c3cccc(Cl)c3o2)c(OC)cc1C. The standard InChI is InChI=1S/C21H19ClO6/c1-4-20(24)27-11-26-17-9-14(18(25-3)8-12(17)2)19-10-16(23)13-6-5-7-15(22)21(13)28-19/h5-10H,4,11H2,1-3H3. The van der Waals surface area contributed by atoms with Crippen molar-refractivity contribution < 1.29 is 23.4 Å². The largest absolute Gasteiger partial charge is 0.496 e. The van der Waals surface area contributed by atoms with Crippen LogP contribution in [-0.2, 0) is 9.53 Å². The lowest BCUT2D eigenvalue weighted by molar-refractivity contribution is -0.149. The van der Waals surface area contributed by atoms with Gasteiger partial charge >= 0.3 is 5.97 Å². The molecule has 3 aromatic rings. The van der Waals surface area contributed by atoms with Crippen LogP contribution in [0.2, 0.25) is 5.02 Å². The van der Waals surface area contributed by atoms with E-state index < -0.39 is 0 Å². The van der Waals surface area contributed by atoms with Crippen molar-refractivity contribution in [1.82, 2.24) is 0 Å². The van der Waals surface area contributed by atoms with Gasteiger partial charge in [0.15, 0.2) is 11.0 Å². The maximum atomic E-state index is 12.5. The highest BCUT2D eigenvalue weighted by Crippen LogP contribution is 2.37. The van der Waals surface area contributed by atoms with E-state index in [-0.39, 0.29) is 30.4 Å². The first-order valence-corrected chi connectivity index (χ1v) is 9.02. The predicted molar refractivity (Wildman–Crippen MR) is 106 cm³/mol. The predicted octanol–water partition coefficient (Wildman–Crippen LogP) is 4.72. The van der Waals surface area contributed by atoms with Crippen molar-refractivity contribution in [2.24, 2.45) is 0 Å². The van der Waals surface area contributed by atoms with E-state index in [4.69, 9.17) is 30.2 Å². The number of ether oxygens (including phenoxy) is 3. The van der Waals surface area contributed by atoms with Gasteiger partial charge in [0.1, 0.15) is 17.3 Å². The van der Waals surface area contributed by atoms with Crippen molar-refractivity contribution in [3.63, 3.8) is 0 Å². The van der Waals surface area contributed by atoms with Crippen LogP contribution in [0.4, 0.5) is 0 Å². The molecule has 28 heavy (non-hydrogen) atoms. The molecule has 1 heterocycles. The van der Waals surface area contributed by atoms with Crippen LogP contribution in [0, 0.1) is 6.92 Å². The number of fused-ring (bicyclic) bond motifs is 1. The van der Waals surface area contributed by atoms with E-state index in [0.29, 0.717) is 33.1 Å². The first kappa shape index (κ1) is 19.8. The number of esters is 1. The van der Waals surface area contributed by atoms with E-state index in [1.807, 2.05) is 6.92 Å². The van der Waals surface area contributed by atoms with Gasteiger partial charge in [-0.05, 0) is 36.8 Å². The second-order valence-electron chi connectivity index (χ2n) is 6.04. The summed E-state index contributed by atoms with van der Waals surface area (Å²) in [5.74, 6) is 0.908. The summed E-state index contributed by atoms with van der Waals surface area (Å²) in [5, 5.41) is 0.732. The molecule has 0 spiro atoms. The topological polar surface area (TPSA) is 75.0 Å². The van der Waals surface area contributed by atoms with E-state index in [2.05, 4.69) is 0 Å². The van der Waals surface area contributed by atoms with E-state index in [1.165, 1.54) is 13.2 Å². The summed E-state index contributed by atoms with van der Waals surface area (Å²) in [4.78, 5) is 23.8. The molecule has 0 aliphatic carbocycles. The highest BCUT2D eigenvalue weighted by atomic mass is 35.5. The van der Waals surface area contributed by atoms with Gasteiger partial charge in [-0.15, -0.1) is 0 Å². The molecule has 0 fully saturated rings. The Morgan fingerprint density at radius 2 is 1.96 bits per heavy atom. The van der Waals surface area contributed by atoms with E-state index in [1.54, 1.807) is 37.3 Å². The lowest BCUT2D eigenvalue weighted by Crippen LogP contribution is -2.09. The van der Waals surface area contributed by atoms with E-state index >= 15 is 0 Å². The number of halogens is 1. The molecule has 0 aliphatic rings. The Morgan fingerprint density at radius 3 is 2.68 bits per heavy atom. The summed E-state index contributed by atoms with van der Waals surface area (Å²) in [6.07, 6.45) is 0.263. The van der Waals surface area contributed by atoms with Crippen molar-refractivity contribution >= 4 is 28.5 Å². The van der Waals surface area contributed by atoms with Crippen LogP contribution in [0.15, 0.2) is 45.6 Å². The molecule has 7 heteroatoms. The van der Waals surface area contributed by atoms with Gasteiger partial charge in [0.25, 0.3) is 0 Å². The highest BCUT2D eigenvalue weighted by Gasteiger charge is 2.16. The van der Waals surface area contributed by atoms with Gasteiger partial charge in [-0.1, -0.05) is 24.6 Å². The average Bonchev–Trinajstić information content (AvgIpc) is 2.69. The molecule has 0 atom stereocenters. The second kappa shape index (κ2) is 8.35. The Bertz CT molecular complexity index is 1090. The summed E-state index contributed by atoms with van der Waals surface area (Å²) in [7, 11) is 1.52. The Balaban J connectivity index is 2.06. The summed E-state index contributed by atoms with van der Waals surface area (Å²) in [6.45, 7) is 3.31. The molecule has 6 nitrogen and oxygen atoms in total. The summed E-state index contributed by atoms with van der Waals surface area (Å²) < 4.78 is 21.9. The molecule has 0 bridgehead atoms. The number of aryl methyl sites for hydroxylation is 1. The van der Waals surface area contributed by atoms with Crippen LogP contribution in [-0.4, -0.2) is 19.9 Å². The van der Waals surface area contributed by atoms with Crippen LogP contribution in [0.25, 0.3) is 22.3 Å². The zero-order valence-corrected chi connectivity index (χ0v) is 16.5. The van der Waals surface area contributed by atoms with Crippen molar-refractivity contribution in [2.75, 3.05) is 13.9 Å². The molecule has 0 unspecified atom stereocenters. The number of methoxy groups -OCH3 is 1. The summed E-state index contributed by atoms with van der Waals surface area (Å²) in [6, 6.07) is 9.81. The minimum atomic E-state index is -0.360. The van der Waals surface area contributed by atoms with Gasteiger partial charge in [-0.3, -0.25) is 9.59 Å². The van der Waals surface area contributed by atoms with E-state index in [9.17, 15) is 9.59 Å². The summed E-state index contributed by atoms with van der Waals surface area (Å²) in [5.41, 5.74) is 1.37. The van der Waals surface area contributed by atoms with Gasteiger partial charge in [0.05, 0.1) is 23.1 Å². The lowest BCUT2D eigenvalue weighted by Gasteiger charge is -2.14.